The molecule has 0 aromatic heterocycles. The Hall–Kier alpha value is 1.09. The van der Waals surface area contributed by atoms with E-state index in [1.165, 1.54) is 83.5 Å². The minimum atomic E-state index is -4.58. The van der Waals surface area contributed by atoms with Crippen molar-refractivity contribution in [3.8, 4) is 0 Å². The van der Waals surface area contributed by atoms with E-state index in [1.807, 2.05) is 0 Å². The van der Waals surface area contributed by atoms with Crippen LogP contribution in [0.25, 0.3) is 0 Å². The van der Waals surface area contributed by atoms with Gasteiger partial charge in [0.2, 0.25) is 0 Å². The van der Waals surface area contributed by atoms with Crippen LogP contribution in [0.1, 0.15) is 110 Å². The van der Waals surface area contributed by atoms with Crippen molar-refractivity contribution in [2.24, 2.45) is 0 Å². The van der Waals surface area contributed by atoms with Crippen LogP contribution in [0.15, 0.2) is 12.3 Å². The third-order valence-corrected chi connectivity index (χ3v) is 4.59. The zero-order chi connectivity index (χ0) is 17.9. The second-order valence-electron chi connectivity index (χ2n) is 6.61. The van der Waals surface area contributed by atoms with Gasteiger partial charge in [-0.25, -0.2) is 8.42 Å². The Morgan fingerprint density at radius 1 is 0.720 bits per heavy atom. The van der Waals surface area contributed by atoms with Crippen LogP contribution in [-0.2, 0) is 14.6 Å². The zero-order valence-electron chi connectivity index (χ0n) is 16.5. The van der Waals surface area contributed by atoms with E-state index in [-0.39, 0.29) is 51.4 Å². The summed E-state index contributed by atoms with van der Waals surface area (Å²) in [5.74, 6) is 0. The average molecular weight is 401 g/mol. The van der Waals surface area contributed by atoms with Gasteiger partial charge in [-0.1, -0.05) is 96.8 Å². The second-order valence-corrected chi connectivity index (χ2v) is 7.62. The van der Waals surface area contributed by atoms with Crippen molar-refractivity contribution in [2.75, 3.05) is 0 Å². The summed E-state index contributed by atoms with van der Waals surface area (Å²) in [6.45, 7) is 2.26. The Labute approximate surface area is 198 Å². The summed E-state index contributed by atoms with van der Waals surface area (Å²) in [5, 5.41) is 0. The quantitative estimate of drug-likeness (QED) is 0.116. The van der Waals surface area contributed by atoms with Gasteiger partial charge in [0.1, 0.15) is 6.26 Å². The van der Waals surface area contributed by atoms with Crippen molar-refractivity contribution in [3.05, 3.63) is 12.3 Å². The molecule has 0 aromatic carbocycles. The van der Waals surface area contributed by atoms with E-state index >= 15 is 0 Å². The fourth-order valence-corrected chi connectivity index (χ4v) is 3.02. The van der Waals surface area contributed by atoms with Gasteiger partial charge < -0.3 is 8.74 Å². The number of hydrogen-bond donors (Lipinski definition) is 0. The number of hydrogen-bond acceptors (Lipinski definition) is 4. The van der Waals surface area contributed by atoms with Crippen LogP contribution >= 0.6 is 0 Å². The molecular weight excluding hydrogens is 363 g/mol. The minimum Gasteiger partial charge on any atom is -0.716 e. The maximum Gasteiger partial charge on any atom is 1.00 e. The zero-order valence-corrected chi connectivity index (χ0v) is 20.4. The van der Waals surface area contributed by atoms with Crippen molar-refractivity contribution < 1.29 is 68.5 Å². The van der Waals surface area contributed by atoms with Gasteiger partial charge in [-0.05, 0) is 18.9 Å². The fraction of sp³-hybridized carbons (Fsp3) is 0.895. The molecule has 144 valence electrons. The molecular formula is C19H37KO4S. The van der Waals surface area contributed by atoms with E-state index < -0.39 is 10.4 Å². The normalized spacial score (nSPS) is 11.6. The molecule has 0 heterocycles. The van der Waals surface area contributed by atoms with Crippen molar-refractivity contribution in [2.45, 2.75) is 110 Å². The molecule has 0 fully saturated rings. The molecule has 0 atom stereocenters. The second kappa shape index (κ2) is 21.4. The van der Waals surface area contributed by atoms with Crippen LogP contribution in [0.3, 0.4) is 0 Å². The molecule has 0 N–H and O–H groups in total. The van der Waals surface area contributed by atoms with Crippen LogP contribution < -0.4 is 51.4 Å². The van der Waals surface area contributed by atoms with Gasteiger partial charge >= 0.3 is 51.4 Å². The topological polar surface area (TPSA) is 66.4 Å². The molecule has 25 heavy (non-hydrogen) atoms. The third kappa shape index (κ3) is 27.4. The maximum absolute atomic E-state index is 10.2. The molecule has 0 aromatic rings. The molecule has 0 unspecified atom stereocenters. The van der Waals surface area contributed by atoms with Crippen molar-refractivity contribution >= 4 is 10.4 Å². The van der Waals surface area contributed by atoms with E-state index in [0.717, 1.165) is 25.5 Å². The van der Waals surface area contributed by atoms with Gasteiger partial charge in [0, 0.05) is 0 Å². The predicted octanol–water partition coefficient (Wildman–Crippen LogP) is 3.24. The first-order chi connectivity index (χ1) is 11.6. The fourth-order valence-electron chi connectivity index (χ4n) is 2.81. The smallest absolute Gasteiger partial charge is 0.716 e. The standard InChI is InChI=1S/C19H38O4S.K/c1-2-3-4-5-6-7-8-9-10-11-12-13-14-15-16-17-18-19-23-24(20,21)22;/h18-19H,2-17H2,1H3,(H,20,21,22);/q;+1/p-1/b19-18+;. The minimum absolute atomic E-state index is 0. The van der Waals surface area contributed by atoms with E-state index in [4.69, 9.17) is 0 Å². The van der Waals surface area contributed by atoms with Gasteiger partial charge in [0.15, 0.2) is 0 Å². The van der Waals surface area contributed by atoms with Crippen LogP contribution in [0.4, 0.5) is 0 Å². The van der Waals surface area contributed by atoms with E-state index in [2.05, 4.69) is 11.1 Å². The van der Waals surface area contributed by atoms with E-state index in [0.29, 0.717) is 0 Å². The maximum atomic E-state index is 10.2. The summed E-state index contributed by atoms with van der Waals surface area (Å²) in [7, 11) is -4.58. The number of allylic oxidation sites excluding steroid dienone is 1. The molecule has 0 amide bonds. The molecule has 0 saturated carbocycles. The molecule has 6 heteroatoms. The first-order valence-electron chi connectivity index (χ1n) is 9.85. The summed E-state index contributed by atoms with van der Waals surface area (Å²) in [6, 6.07) is 0. The van der Waals surface area contributed by atoms with Crippen molar-refractivity contribution in [1.29, 1.82) is 0 Å². The van der Waals surface area contributed by atoms with E-state index in [1.54, 1.807) is 6.08 Å². The van der Waals surface area contributed by atoms with Crippen LogP contribution in [0, 0.1) is 0 Å². The summed E-state index contributed by atoms with van der Waals surface area (Å²) in [4.78, 5) is 0. The molecule has 0 aliphatic carbocycles. The molecule has 0 aliphatic rings. The van der Waals surface area contributed by atoms with Crippen LogP contribution in [0.2, 0.25) is 0 Å². The van der Waals surface area contributed by atoms with Gasteiger partial charge in [-0.3, -0.25) is 0 Å². The Bertz CT molecular complexity index is 383. The third-order valence-electron chi connectivity index (χ3n) is 4.24. The predicted molar refractivity (Wildman–Crippen MR) is 99.5 cm³/mol. The van der Waals surface area contributed by atoms with Gasteiger partial charge in [-0.2, -0.15) is 0 Å². The molecule has 4 nitrogen and oxygen atoms in total. The van der Waals surface area contributed by atoms with Crippen molar-refractivity contribution in [1.82, 2.24) is 0 Å². The van der Waals surface area contributed by atoms with Gasteiger partial charge in [0.25, 0.3) is 10.4 Å². The number of rotatable bonds is 18. The SMILES string of the molecule is CCCCCCCCCCCCCCCCC/C=C/OS(=O)(=O)[O-].[K+]. The van der Waals surface area contributed by atoms with Gasteiger partial charge in [0.05, 0.1) is 0 Å². The Balaban J connectivity index is 0. The molecule has 0 rings (SSSR count). The Morgan fingerprint density at radius 3 is 1.44 bits per heavy atom. The Morgan fingerprint density at radius 2 is 1.08 bits per heavy atom. The van der Waals surface area contributed by atoms with Crippen LogP contribution in [0.5, 0.6) is 0 Å². The van der Waals surface area contributed by atoms with Gasteiger partial charge in [-0.15, -0.1) is 0 Å². The monoisotopic (exact) mass is 400 g/mol. The molecule has 0 saturated heterocycles. The molecule has 0 spiro atoms. The first kappa shape index (κ1) is 28.3. The van der Waals surface area contributed by atoms with E-state index in [9.17, 15) is 13.0 Å². The first-order valence-corrected chi connectivity index (χ1v) is 11.2. The molecule has 0 bridgehead atoms. The molecule has 0 radical (unpaired) electrons. The summed E-state index contributed by atoms with van der Waals surface area (Å²) in [6.07, 6.45) is 23.2. The molecule has 0 aliphatic heterocycles. The summed E-state index contributed by atoms with van der Waals surface area (Å²) in [5.41, 5.74) is 0. The number of unbranched alkanes of at least 4 members (excludes halogenated alkanes) is 15. The summed E-state index contributed by atoms with van der Waals surface area (Å²) < 4.78 is 34.5. The van der Waals surface area contributed by atoms with Crippen LogP contribution in [-0.4, -0.2) is 13.0 Å². The summed E-state index contributed by atoms with van der Waals surface area (Å²) >= 11 is 0. The van der Waals surface area contributed by atoms with Crippen molar-refractivity contribution in [3.63, 3.8) is 0 Å². The Kier molecular flexibility index (Phi) is 24.2. The largest absolute Gasteiger partial charge is 1.00 e. The average Bonchev–Trinajstić information content (AvgIpc) is 2.52.